The summed E-state index contributed by atoms with van der Waals surface area (Å²) in [5, 5.41) is 20.9. The van der Waals surface area contributed by atoms with Gasteiger partial charge >= 0.3 is 12.0 Å². The minimum atomic E-state index is -1.98. The number of rotatable bonds is 7. The van der Waals surface area contributed by atoms with Crippen molar-refractivity contribution in [2.24, 2.45) is 0 Å². The molecule has 0 saturated carbocycles. The molecule has 0 fully saturated rings. The Balaban J connectivity index is 2.75. The van der Waals surface area contributed by atoms with E-state index in [1.807, 2.05) is 37.3 Å². The maximum Gasteiger partial charge on any atom is 0.337 e. The van der Waals surface area contributed by atoms with Crippen molar-refractivity contribution in [2.75, 3.05) is 18.0 Å². The number of aliphatic carboxylic acids is 1. The van der Waals surface area contributed by atoms with Gasteiger partial charge in [-0.1, -0.05) is 31.5 Å². The van der Waals surface area contributed by atoms with E-state index in [9.17, 15) is 14.7 Å². The number of benzene rings is 1. The normalized spacial score (nSPS) is 13.3. The number of carboxylic acid groups (broad SMARTS) is 1. The molecule has 0 aromatic heterocycles. The third kappa shape index (κ3) is 5.07. The molecule has 0 radical (unpaired) electrons. The van der Waals surface area contributed by atoms with Gasteiger partial charge in [-0.2, -0.15) is 0 Å². The smallest absolute Gasteiger partial charge is 0.337 e. The second-order valence-corrected chi connectivity index (χ2v) is 5.08. The molecule has 116 valence electrons. The highest BCUT2D eigenvalue weighted by Gasteiger charge is 2.31. The Morgan fingerprint density at radius 3 is 2.43 bits per heavy atom. The summed E-state index contributed by atoms with van der Waals surface area (Å²) in [6, 6.07) is 8.71. The SMILES string of the molecule is CCCCN(C(=O)NCC(C)(O)C(=O)O)c1ccccc1. The van der Waals surface area contributed by atoms with Gasteiger partial charge in [0, 0.05) is 12.2 Å². The van der Waals surface area contributed by atoms with Crippen molar-refractivity contribution < 1.29 is 19.8 Å². The van der Waals surface area contributed by atoms with Crippen molar-refractivity contribution in [1.82, 2.24) is 5.32 Å². The first-order chi connectivity index (χ1) is 9.88. The molecule has 0 aliphatic carbocycles. The predicted octanol–water partition coefficient (Wildman–Crippen LogP) is 1.84. The number of unbranched alkanes of at least 4 members (excludes halogenated alkanes) is 1. The number of amides is 2. The van der Waals surface area contributed by atoms with Crippen molar-refractivity contribution in [3.05, 3.63) is 30.3 Å². The average Bonchev–Trinajstić information content (AvgIpc) is 2.46. The molecule has 1 atom stereocenters. The second kappa shape index (κ2) is 7.64. The molecule has 0 saturated heterocycles. The Morgan fingerprint density at radius 2 is 1.90 bits per heavy atom. The van der Waals surface area contributed by atoms with Crippen LogP contribution in [-0.2, 0) is 4.79 Å². The first-order valence-electron chi connectivity index (χ1n) is 6.94. The molecule has 0 aliphatic rings. The van der Waals surface area contributed by atoms with Crippen molar-refractivity contribution in [3.8, 4) is 0 Å². The molecular weight excluding hydrogens is 272 g/mol. The van der Waals surface area contributed by atoms with Crippen LogP contribution in [-0.4, -0.2) is 40.9 Å². The Kier molecular flexibility index (Phi) is 6.17. The van der Waals surface area contributed by atoms with Crippen LogP contribution in [0.4, 0.5) is 10.5 Å². The molecule has 6 heteroatoms. The summed E-state index contributed by atoms with van der Waals surface area (Å²) in [6.45, 7) is 3.35. The average molecular weight is 294 g/mol. The molecule has 6 nitrogen and oxygen atoms in total. The number of nitrogens with zero attached hydrogens (tertiary/aromatic N) is 1. The molecule has 1 aromatic carbocycles. The van der Waals surface area contributed by atoms with E-state index in [-0.39, 0.29) is 6.54 Å². The summed E-state index contributed by atoms with van der Waals surface area (Å²) in [4.78, 5) is 24.6. The molecule has 1 unspecified atom stereocenters. The van der Waals surface area contributed by atoms with Crippen LogP contribution in [0.2, 0.25) is 0 Å². The Morgan fingerprint density at radius 1 is 1.29 bits per heavy atom. The van der Waals surface area contributed by atoms with Gasteiger partial charge in [0.05, 0.1) is 6.54 Å². The number of carbonyl (C=O) groups is 2. The van der Waals surface area contributed by atoms with Gasteiger partial charge in [-0.05, 0) is 25.5 Å². The van der Waals surface area contributed by atoms with Crippen LogP contribution >= 0.6 is 0 Å². The molecule has 0 spiro atoms. The number of urea groups is 1. The van der Waals surface area contributed by atoms with Crippen LogP contribution in [0.3, 0.4) is 0 Å². The van der Waals surface area contributed by atoms with E-state index in [1.54, 1.807) is 4.90 Å². The molecule has 1 rings (SSSR count). The maximum absolute atomic E-state index is 12.2. The van der Waals surface area contributed by atoms with Crippen molar-refractivity contribution in [1.29, 1.82) is 0 Å². The fourth-order valence-electron chi connectivity index (χ4n) is 1.69. The zero-order chi connectivity index (χ0) is 15.9. The molecule has 21 heavy (non-hydrogen) atoms. The first-order valence-corrected chi connectivity index (χ1v) is 6.94. The first kappa shape index (κ1) is 17.0. The van der Waals surface area contributed by atoms with Gasteiger partial charge in [0.15, 0.2) is 5.60 Å². The Hall–Kier alpha value is -2.08. The second-order valence-electron chi connectivity index (χ2n) is 5.08. The van der Waals surface area contributed by atoms with Crippen LogP contribution < -0.4 is 10.2 Å². The predicted molar refractivity (Wildman–Crippen MR) is 80.4 cm³/mol. The number of aliphatic hydroxyl groups is 1. The summed E-state index contributed by atoms with van der Waals surface area (Å²) in [5.74, 6) is -1.37. The molecule has 0 aliphatic heterocycles. The van der Waals surface area contributed by atoms with Crippen LogP contribution in [0.1, 0.15) is 26.7 Å². The minimum absolute atomic E-state index is 0.351. The van der Waals surface area contributed by atoms with E-state index in [2.05, 4.69) is 5.32 Å². The van der Waals surface area contributed by atoms with E-state index >= 15 is 0 Å². The minimum Gasteiger partial charge on any atom is -0.479 e. The Bertz CT molecular complexity index is 474. The lowest BCUT2D eigenvalue weighted by Crippen LogP contribution is -2.50. The van der Waals surface area contributed by atoms with Crippen molar-refractivity contribution in [2.45, 2.75) is 32.3 Å². The molecule has 1 aromatic rings. The van der Waals surface area contributed by atoms with Crippen LogP contribution in [0, 0.1) is 0 Å². The zero-order valence-corrected chi connectivity index (χ0v) is 12.4. The summed E-state index contributed by atoms with van der Waals surface area (Å²) < 4.78 is 0. The number of anilines is 1. The number of carbonyl (C=O) groups excluding carboxylic acids is 1. The van der Waals surface area contributed by atoms with Crippen LogP contribution in [0.25, 0.3) is 0 Å². The van der Waals surface area contributed by atoms with Gasteiger partial charge in [-0.15, -0.1) is 0 Å². The van der Waals surface area contributed by atoms with Gasteiger partial charge in [-0.3, -0.25) is 4.90 Å². The highest BCUT2D eigenvalue weighted by atomic mass is 16.4. The van der Waals surface area contributed by atoms with Crippen LogP contribution in [0.5, 0.6) is 0 Å². The Labute approximate surface area is 124 Å². The molecule has 2 amide bonds. The quantitative estimate of drug-likeness (QED) is 0.715. The summed E-state index contributed by atoms with van der Waals surface area (Å²) in [5.41, 5.74) is -1.25. The third-order valence-electron chi connectivity index (χ3n) is 3.09. The fourth-order valence-corrected chi connectivity index (χ4v) is 1.69. The zero-order valence-electron chi connectivity index (χ0n) is 12.4. The highest BCUT2D eigenvalue weighted by Crippen LogP contribution is 2.14. The lowest BCUT2D eigenvalue weighted by atomic mass is 10.1. The number of hydrogen-bond donors (Lipinski definition) is 3. The van der Waals surface area contributed by atoms with Gasteiger partial charge in [-0.25, -0.2) is 9.59 Å². The lowest BCUT2D eigenvalue weighted by molar-refractivity contribution is -0.155. The molecule has 0 bridgehead atoms. The van der Waals surface area contributed by atoms with Gasteiger partial charge in [0.2, 0.25) is 0 Å². The summed E-state index contributed by atoms with van der Waals surface area (Å²) in [6.07, 6.45) is 1.76. The fraction of sp³-hybridized carbons (Fsp3) is 0.467. The molecular formula is C15H22N2O4. The van der Waals surface area contributed by atoms with E-state index in [4.69, 9.17) is 5.11 Å². The van der Waals surface area contributed by atoms with Gasteiger partial charge < -0.3 is 15.5 Å². The number of nitrogens with one attached hydrogen (secondary N) is 1. The highest BCUT2D eigenvalue weighted by molar-refractivity contribution is 5.92. The largest absolute Gasteiger partial charge is 0.479 e. The summed E-state index contributed by atoms with van der Waals surface area (Å²) in [7, 11) is 0. The van der Waals surface area contributed by atoms with Crippen LogP contribution in [0.15, 0.2) is 30.3 Å². The van der Waals surface area contributed by atoms with E-state index < -0.39 is 17.6 Å². The van der Waals surface area contributed by atoms with Gasteiger partial charge in [0.1, 0.15) is 0 Å². The summed E-state index contributed by atoms with van der Waals surface area (Å²) >= 11 is 0. The topological polar surface area (TPSA) is 89.9 Å². The third-order valence-corrected chi connectivity index (χ3v) is 3.09. The maximum atomic E-state index is 12.2. The number of para-hydroxylation sites is 1. The number of carboxylic acids is 1. The number of hydrogen-bond acceptors (Lipinski definition) is 3. The molecule has 3 N–H and O–H groups in total. The van der Waals surface area contributed by atoms with Gasteiger partial charge in [0.25, 0.3) is 0 Å². The standard InChI is InChI=1S/C15H22N2O4/c1-3-4-10-17(12-8-6-5-7-9-12)14(20)16-11-15(2,21)13(18)19/h5-9,21H,3-4,10-11H2,1-2H3,(H,16,20)(H,18,19). The monoisotopic (exact) mass is 294 g/mol. The van der Waals surface area contributed by atoms with E-state index in [0.29, 0.717) is 6.54 Å². The molecule has 0 heterocycles. The van der Waals surface area contributed by atoms with E-state index in [1.165, 1.54) is 0 Å². The lowest BCUT2D eigenvalue weighted by Gasteiger charge is -2.25. The van der Waals surface area contributed by atoms with Crippen molar-refractivity contribution >= 4 is 17.7 Å². The van der Waals surface area contributed by atoms with E-state index in [0.717, 1.165) is 25.5 Å². The van der Waals surface area contributed by atoms with Crippen molar-refractivity contribution in [3.63, 3.8) is 0 Å².